The first-order chi connectivity index (χ1) is 13.7. The average molecular weight is 379 g/mol. The van der Waals surface area contributed by atoms with Gasteiger partial charge in [-0.05, 0) is 60.2 Å². The summed E-state index contributed by atoms with van der Waals surface area (Å²) in [6, 6.07) is 14.5. The van der Waals surface area contributed by atoms with E-state index >= 15 is 0 Å². The van der Waals surface area contributed by atoms with E-state index in [1.54, 1.807) is 49.7 Å². The number of halogens is 1. The summed E-state index contributed by atoms with van der Waals surface area (Å²) in [5.74, 6) is 0.527. The summed E-state index contributed by atoms with van der Waals surface area (Å²) in [6.45, 7) is 0.235. The number of hydrogen-bond acceptors (Lipinski definition) is 5. The van der Waals surface area contributed by atoms with Gasteiger partial charge in [-0.1, -0.05) is 0 Å². The molecule has 0 aliphatic carbocycles. The Balaban J connectivity index is 1.66. The van der Waals surface area contributed by atoms with Crippen molar-refractivity contribution in [2.75, 3.05) is 7.11 Å². The molecule has 0 aliphatic rings. The molecule has 1 N–H and O–H groups in total. The lowest BCUT2D eigenvalue weighted by atomic mass is 10.1. The number of benzene rings is 2. The Bertz CT molecular complexity index is 960. The van der Waals surface area contributed by atoms with Crippen LogP contribution in [0.2, 0.25) is 0 Å². The van der Waals surface area contributed by atoms with Crippen LogP contribution in [0.3, 0.4) is 0 Å². The lowest BCUT2D eigenvalue weighted by molar-refractivity contribution is 0.0954. The van der Waals surface area contributed by atoms with E-state index in [0.29, 0.717) is 17.1 Å². The minimum Gasteiger partial charge on any atom is -0.496 e. The zero-order valence-electron chi connectivity index (χ0n) is 15.1. The topological polar surface area (TPSA) is 72.8 Å². The van der Waals surface area contributed by atoms with E-state index in [9.17, 15) is 9.18 Å². The fraction of sp³-hybridized carbons (Fsp3) is 0.0952. The molecule has 0 saturated heterocycles. The highest BCUT2D eigenvalue weighted by Crippen LogP contribution is 2.22. The van der Waals surface area contributed by atoms with E-state index in [1.807, 2.05) is 6.07 Å². The number of amides is 1. The first-order valence-electron chi connectivity index (χ1n) is 8.44. The van der Waals surface area contributed by atoms with Crippen LogP contribution in [0.15, 0.2) is 72.1 Å². The maximum Gasteiger partial charge on any atom is 0.272 e. The Labute approximate surface area is 161 Å². The van der Waals surface area contributed by atoms with Gasteiger partial charge in [-0.25, -0.2) is 9.82 Å². The van der Waals surface area contributed by atoms with Crippen LogP contribution in [0.5, 0.6) is 11.5 Å². The highest BCUT2D eigenvalue weighted by atomic mass is 19.1. The average Bonchev–Trinajstić information content (AvgIpc) is 2.74. The second-order valence-corrected chi connectivity index (χ2v) is 5.75. The highest BCUT2D eigenvalue weighted by Gasteiger charge is 2.06. The summed E-state index contributed by atoms with van der Waals surface area (Å²) < 4.78 is 24.0. The van der Waals surface area contributed by atoms with Crippen LogP contribution >= 0.6 is 0 Å². The Morgan fingerprint density at radius 3 is 2.75 bits per heavy atom. The van der Waals surface area contributed by atoms with Crippen molar-refractivity contribution < 1.29 is 18.7 Å². The molecule has 0 fully saturated rings. The summed E-state index contributed by atoms with van der Waals surface area (Å²) in [4.78, 5) is 15.8. The van der Waals surface area contributed by atoms with E-state index < -0.39 is 0 Å². The van der Waals surface area contributed by atoms with Crippen molar-refractivity contribution in [1.82, 2.24) is 10.4 Å². The summed E-state index contributed by atoms with van der Waals surface area (Å²) in [5, 5.41) is 3.97. The standard InChI is InChI=1S/C21H18FN3O3/c1-27-20-9-4-15(12-24-25-21(26)16-3-2-10-23-13-16)11-17(20)14-28-19-7-5-18(22)6-8-19/h2-13H,14H2,1H3,(H,25,26). The van der Waals surface area contributed by atoms with Gasteiger partial charge in [-0.2, -0.15) is 5.10 Å². The number of hydrazone groups is 1. The fourth-order valence-electron chi connectivity index (χ4n) is 2.41. The molecule has 0 saturated carbocycles. The van der Waals surface area contributed by atoms with E-state index in [2.05, 4.69) is 15.5 Å². The smallest absolute Gasteiger partial charge is 0.272 e. The zero-order valence-corrected chi connectivity index (χ0v) is 15.1. The number of rotatable bonds is 7. The summed E-state index contributed by atoms with van der Waals surface area (Å²) >= 11 is 0. The Kier molecular flexibility index (Phi) is 6.30. The molecular formula is C21H18FN3O3. The van der Waals surface area contributed by atoms with Crippen molar-refractivity contribution in [2.45, 2.75) is 6.61 Å². The molecule has 0 aliphatic heterocycles. The minimum absolute atomic E-state index is 0.235. The lowest BCUT2D eigenvalue weighted by Crippen LogP contribution is -2.17. The van der Waals surface area contributed by atoms with Crippen LogP contribution < -0.4 is 14.9 Å². The lowest BCUT2D eigenvalue weighted by Gasteiger charge is -2.11. The first-order valence-corrected chi connectivity index (χ1v) is 8.44. The Morgan fingerprint density at radius 2 is 2.04 bits per heavy atom. The van der Waals surface area contributed by atoms with Gasteiger partial charge in [0.05, 0.1) is 18.9 Å². The number of nitrogens with one attached hydrogen (secondary N) is 1. The number of carbonyl (C=O) groups excluding carboxylic acids is 1. The largest absolute Gasteiger partial charge is 0.496 e. The molecule has 0 spiro atoms. The summed E-state index contributed by atoms with van der Waals surface area (Å²) in [6.07, 6.45) is 4.57. The van der Waals surface area contributed by atoms with Crippen LogP contribution in [0.4, 0.5) is 4.39 Å². The SMILES string of the molecule is COc1ccc(C=NNC(=O)c2cccnc2)cc1COc1ccc(F)cc1. The quantitative estimate of drug-likeness (QED) is 0.503. The highest BCUT2D eigenvalue weighted by molar-refractivity contribution is 5.94. The van der Waals surface area contributed by atoms with Gasteiger partial charge in [0.25, 0.3) is 5.91 Å². The third kappa shape index (κ3) is 5.14. The van der Waals surface area contributed by atoms with Gasteiger partial charge in [-0.3, -0.25) is 9.78 Å². The Morgan fingerprint density at radius 1 is 1.21 bits per heavy atom. The number of hydrogen-bond donors (Lipinski definition) is 1. The minimum atomic E-state index is -0.349. The van der Waals surface area contributed by atoms with Gasteiger partial charge < -0.3 is 9.47 Å². The molecule has 3 rings (SSSR count). The maximum absolute atomic E-state index is 13.0. The third-order valence-corrected chi connectivity index (χ3v) is 3.82. The van der Waals surface area contributed by atoms with Crippen LogP contribution in [-0.2, 0) is 6.61 Å². The van der Waals surface area contributed by atoms with Crippen LogP contribution in [0.1, 0.15) is 21.5 Å². The van der Waals surface area contributed by atoms with Crippen LogP contribution in [0.25, 0.3) is 0 Å². The predicted octanol–water partition coefficient (Wildman–Crippen LogP) is 3.57. The van der Waals surface area contributed by atoms with Crippen molar-refractivity contribution >= 4 is 12.1 Å². The van der Waals surface area contributed by atoms with Gasteiger partial charge in [-0.15, -0.1) is 0 Å². The molecule has 2 aromatic carbocycles. The summed E-state index contributed by atoms with van der Waals surface area (Å²) in [7, 11) is 1.57. The van der Waals surface area contributed by atoms with Gasteiger partial charge >= 0.3 is 0 Å². The monoisotopic (exact) mass is 379 g/mol. The predicted molar refractivity (Wildman–Crippen MR) is 103 cm³/mol. The molecule has 6 nitrogen and oxygen atoms in total. The van der Waals surface area contributed by atoms with Gasteiger partial charge in [0.15, 0.2) is 0 Å². The van der Waals surface area contributed by atoms with Crippen molar-refractivity contribution in [2.24, 2.45) is 5.10 Å². The second kappa shape index (κ2) is 9.27. The number of ether oxygens (including phenoxy) is 2. The maximum atomic E-state index is 13.0. The van der Waals surface area contributed by atoms with Crippen molar-refractivity contribution in [3.05, 3.63) is 89.5 Å². The molecule has 3 aromatic rings. The Hall–Kier alpha value is -3.74. The molecule has 1 aromatic heterocycles. The number of methoxy groups -OCH3 is 1. The second-order valence-electron chi connectivity index (χ2n) is 5.75. The van der Waals surface area contributed by atoms with Gasteiger partial charge in [0, 0.05) is 18.0 Å². The molecule has 0 bridgehead atoms. The van der Waals surface area contributed by atoms with Crippen LogP contribution in [0, 0.1) is 5.82 Å². The molecule has 0 unspecified atom stereocenters. The fourth-order valence-corrected chi connectivity index (χ4v) is 2.41. The third-order valence-electron chi connectivity index (χ3n) is 3.82. The summed E-state index contributed by atoms with van der Waals surface area (Å²) in [5.41, 5.74) is 4.41. The molecule has 1 amide bonds. The van der Waals surface area contributed by atoms with E-state index in [-0.39, 0.29) is 18.3 Å². The molecule has 28 heavy (non-hydrogen) atoms. The number of nitrogens with zero attached hydrogens (tertiary/aromatic N) is 2. The van der Waals surface area contributed by atoms with Gasteiger partial charge in [0.1, 0.15) is 23.9 Å². The van der Waals surface area contributed by atoms with E-state index in [0.717, 1.165) is 11.1 Å². The molecule has 142 valence electrons. The molecule has 1 heterocycles. The van der Waals surface area contributed by atoms with E-state index in [1.165, 1.54) is 24.5 Å². The van der Waals surface area contributed by atoms with Crippen molar-refractivity contribution in [3.63, 3.8) is 0 Å². The molecular weight excluding hydrogens is 361 g/mol. The first kappa shape index (κ1) is 19.0. The number of pyridine rings is 1. The number of aromatic nitrogens is 1. The van der Waals surface area contributed by atoms with E-state index in [4.69, 9.17) is 9.47 Å². The molecule has 0 radical (unpaired) electrons. The molecule has 0 atom stereocenters. The normalized spacial score (nSPS) is 10.6. The van der Waals surface area contributed by atoms with Gasteiger partial charge in [0.2, 0.25) is 0 Å². The zero-order chi connectivity index (χ0) is 19.8. The van der Waals surface area contributed by atoms with Crippen molar-refractivity contribution in [3.8, 4) is 11.5 Å². The number of carbonyl (C=O) groups is 1. The van der Waals surface area contributed by atoms with Crippen LogP contribution in [-0.4, -0.2) is 24.2 Å². The molecule has 7 heteroatoms. The van der Waals surface area contributed by atoms with Crippen molar-refractivity contribution in [1.29, 1.82) is 0 Å².